The molecular weight excluding hydrogens is 612 g/mol. The summed E-state index contributed by atoms with van der Waals surface area (Å²) in [7, 11) is 3.51. The van der Waals surface area contributed by atoms with Gasteiger partial charge in [0.1, 0.15) is 23.5 Å². The van der Waals surface area contributed by atoms with Gasteiger partial charge in [0, 0.05) is 14.1 Å². The van der Waals surface area contributed by atoms with Crippen LogP contribution in [0.1, 0.15) is 27.0 Å². The van der Waals surface area contributed by atoms with Crippen LogP contribution in [-0.4, -0.2) is 86.2 Å². The van der Waals surface area contributed by atoms with Crippen LogP contribution in [0.15, 0.2) is 36.7 Å². The fraction of sp³-hybridized carbons (Fsp3) is 0.520. The Hall–Kier alpha value is -2.65. The molecule has 3 aromatic rings. The summed E-state index contributed by atoms with van der Waals surface area (Å²) in [6, 6.07) is 7.57. The molecule has 1 saturated carbocycles. The van der Waals surface area contributed by atoms with E-state index in [0.29, 0.717) is 17.1 Å². The number of nitrogen functional groups attached to an aromatic ring is 1. The number of para-hydroxylation sites is 1. The molecule has 42 heavy (non-hydrogen) atoms. The van der Waals surface area contributed by atoms with Gasteiger partial charge in [0.2, 0.25) is 5.95 Å². The van der Waals surface area contributed by atoms with Crippen LogP contribution in [-0.2, 0) is 30.6 Å². The number of hydrogen-bond acceptors (Lipinski definition) is 12. The number of nitrogens with one attached hydrogen (secondary N) is 1. The number of carbonyl (C=O) groups is 1. The highest BCUT2D eigenvalue weighted by Crippen LogP contribution is 2.69. The minimum Gasteiger partial charge on any atom is -0.462 e. The average Bonchev–Trinajstić information content (AvgIpc) is 3.16. The number of fused-ring (bicyclic) bond motifs is 2. The molecule has 0 radical (unpaired) electrons. The van der Waals surface area contributed by atoms with Crippen molar-refractivity contribution in [3.05, 3.63) is 36.7 Å². The van der Waals surface area contributed by atoms with Crippen molar-refractivity contribution in [3.63, 3.8) is 0 Å². The number of nitrogens with two attached hydrogens (primary N) is 1. The fourth-order valence-electron chi connectivity index (χ4n) is 4.96. The largest absolute Gasteiger partial charge is 0.462 e. The first-order valence-corrected chi connectivity index (χ1v) is 16.2. The molecule has 1 unspecified atom stereocenters. The van der Waals surface area contributed by atoms with Crippen molar-refractivity contribution in [3.8, 4) is 5.75 Å². The standard InChI is InChI=1S/C25H32ClFN7O6PS/c1-13(2)37-21(35)14(3)32-41(42,39-15-9-7-6-8-10-15)40-22-24(11-26)25(22,36)17(27)20(38-24)34-12-29-16-18(33(4)5)30-23(28)31-19(16)34/h6-10,12-14,17,20,22,36H,11H2,1-5H3,(H,32,42)(H2,28,30,31)/t14-,17+,20-,22?,24-,25-,41-/m1/s1. The first kappa shape index (κ1) is 30.8. The quantitative estimate of drug-likeness (QED) is 0.159. The van der Waals surface area contributed by atoms with Crippen LogP contribution in [0.4, 0.5) is 16.2 Å². The van der Waals surface area contributed by atoms with Gasteiger partial charge in [-0.3, -0.25) is 13.9 Å². The second kappa shape index (κ2) is 11.1. The topological polar surface area (TPSA) is 159 Å². The van der Waals surface area contributed by atoms with Crippen molar-refractivity contribution < 1.29 is 32.8 Å². The summed E-state index contributed by atoms with van der Waals surface area (Å²) in [5, 5.41) is 14.6. The van der Waals surface area contributed by atoms with Crippen molar-refractivity contribution >= 4 is 58.9 Å². The number of aromatic nitrogens is 4. The van der Waals surface area contributed by atoms with E-state index in [-0.39, 0.29) is 23.6 Å². The van der Waals surface area contributed by atoms with Crippen LogP contribution in [0.3, 0.4) is 0 Å². The molecule has 1 aliphatic heterocycles. The van der Waals surface area contributed by atoms with Gasteiger partial charge in [-0.05, 0) is 44.7 Å². The second-order valence-electron chi connectivity index (χ2n) is 10.6. The van der Waals surface area contributed by atoms with Crippen LogP contribution in [0.5, 0.6) is 5.75 Å². The number of rotatable bonds is 11. The minimum absolute atomic E-state index is 0.0477. The third-order valence-corrected chi connectivity index (χ3v) is 9.84. The molecule has 0 spiro atoms. The number of imidazole rings is 1. The number of ether oxygens (including phenoxy) is 2. The zero-order valence-electron chi connectivity index (χ0n) is 23.5. The predicted molar refractivity (Wildman–Crippen MR) is 158 cm³/mol. The number of aliphatic hydroxyl groups is 1. The number of benzene rings is 1. The van der Waals surface area contributed by atoms with Crippen molar-refractivity contribution in [1.29, 1.82) is 0 Å². The number of esters is 1. The van der Waals surface area contributed by atoms with E-state index >= 15 is 4.39 Å². The van der Waals surface area contributed by atoms with Crippen LogP contribution in [0.2, 0.25) is 0 Å². The Bertz CT molecular complexity index is 1530. The summed E-state index contributed by atoms with van der Waals surface area (Å²) in [5.74, 6) is -0.218. The van der Waals surface area contributed by atoms with Gasteiger partial charge in [-0.15, -0.1) is 11.6 Å². The molecular formula is C25H32ClFN7O6PS. The number of hydrogen-bond donors (Lipinski definition) is 3. The maximum Gasteiger partial charge on any atom is 0.323 e. The summed E-state index contributed by atoms with van der Waals surface area (Å²) in [6.45, 7) is 1.30. The smallest absolute Gasteiger partial charge is 0.323 e. The number of carbonyl (C=O) groups excluding carboxylic acids is 1. The van der Waals surface area contributed by atoms with Gasteiger partial charge in [0.25, 0.3) is 0 Å². The molecule has 13 nitrogen and oxygen atoms in total. The van der Waals surface area contributed by atoms with Gasteiger partial charge >= 0.3 is 12.6 Å². The van der Waals surface area contributed by atoms with Gasteiger partial charge in [-0.25, -0.2) is 14.5 Å². The van der Waals surface area contributed by atoms with E-state index in [1.807, 2.05) is 0 Å². The van der Waals surface area contributed by atoms with Crippen LogP contribution < -0.4 is 20.2 Å². The monoisotopic (exact) mass is 643 g/mol. The van der Waals surface area contributed by atoms with E-state index in [1.54, 1.807) is 63.2 Å². The van der Waals surface area contributed by atoms with E-state index in [4.69, 9.17) is 47.7 Å². The molecule has 17 heteroatoms. The zero-order chi connectivity index (χ0) is 30.6. The first-order valence-electron chi connectivity index (χ1n) is 13.0. The van der Waals surface area contributed by atoms with E-state index in [1.165, 1.54) is 17.8 Å². The second-order valence-corrected chi connectivity index (χ2v) is 14.0. The Balaban J connectivity index is 1.44. The molecule has 3 heterocycles. The lowest BCUT2D eigenvalue weighted by Gasteiger charge is -2.29. The van der Waals surface area contributed by atoms with Crippen LogP contribution in [0.25, 0.3) is 11.2 Å². The van der Waals surface area contributed by atoms with Gasteiger partial charge in [0.05, 0.1) is 18.3 Å². The number of anilines is 2. The lowest BCUT2D eigenvalue weighted by atomic mass is 10.1. The summed E-state index contributed by atoms with van der Waals surface area (Å²) < 4.78 is 41.2. The SMILES string of the molecule is CC(C)OC(=O)[C@@H](C)N[P@@](=S)(Oc1ccccc1)OC1[C@@]2(CCl)O[C@@H](n3cnc4c(N(C)C)nc(N)nc43)[C@H](F)[C@@]12O. The maximum absolute atomic E-state index is 16.3. The molecule has 2 aliphatic rings. The third kappa shape index (κ3) is 5.10. The Labute approximate surface area is 251 Å². The molecule has 2 aromatic heterocycles. The highest BCUT2D eigenvalue weighted by Gasteiger charge is 2.89. The molecule has 2 fully saturated rings. The summed E-state index contributed by atoms with van der Waals surface area (Å²) >= 11 is 12.1. The third-order valence-electron chi connectivity index (χ3n) is 7.01. The van der Waals surface area contributed by atoms with E-state index in [2.05, 4.69) is 20.0 Å². The Morgan fingerprint density at radius 3 is 2.62 bits per heavy atom. The van der Waals surface area contributed by atoms with E-state index in [9.17, 15) is 9.90 Å². The molecule has 1 aromatic carbocycles. The summed E-state index contributed by atoms with van der Waals surface area (Å²) in [4.78, 5) is 27.0. The van der Waals surface area contributed by atoms with Crippen molar-refractivity contribution in [2.75, 3.05) is 30.6 Å². The highest BCUT2D eigenvalue weighted by molar-refractivity contribution is 8.09. The van der Waals surface area contributed by atoms with Crippen molar-refractivity contribution in [2.45, 2.75) is 62.6 Å². The van der Waals surface area contributed by atoms with Gasteiger partial charge in [0.15, 0.2) is 35.0 Å². The predicted octanol–water partition coefficient (Wildman–Crippen LogP) is 2.68. The van der Waals surface area contributed by atoms with Crippen LogP contribution in [0, 0.1) is 0 Å². The summed E-state index contributed by atoms with van der Waals surface area (Å²) in [5.41, 5.74) is 2.56. The normalized spacial score (nSPS) is 28.7. The fourth-order valence-corrected chi connectivity index (χ4v) is 8.11. The molecule has 7 atom stereocenters. The number of halogens is 2. The van der Waals surface area contributed by atoms with Crippen LogP contribution >= 0.6 is 18.2 Å². The van der Waals surface area contributed by atoms with Gasteiger partial charge in [-0.1, -0.05) is 18.2 Å². The molecule has 0 amide bonds. The molecule has 4 N–H and O–H groups in total. The van der Waals surface area contributed by atoms with Gasteiger partial charge in [-0.2, -0.15) is 9.97 Å². The minimum atomic E-state index is -3.65. The van der Waals surface area contributed by atoms with Gasteiger partial charge < -0.3 is 29.7 Å². The Morgan fingerprint density at radius 2 is 2.02 bits per heavy atom. The summed E-state index contributed by atoms with van der Waals surface area (Å²) in [6.07, 6.45) is -3.80. The maximum atomic E-state index is 16.3. The van der Waals surface area contributed by atoms with E-state index in [0.717, 1.165) is 0 Å². The molecule has 5 rings (SSSR count). The molecule has 1 aliphatic carbocycles. The number of nitrogens with zero attached hydrogens (tertiary/aromatic N) is 5. The highest BCUT2D eigenvalue weighted by atomic mass is 35.5. The van der Waals surface area contributed by atoms with Crippen molar-refractivity contribution in [2.24, 2.45) is 0 Å². The number of alkyl halides is 2. The molecule has 0 bridgehead atoms. The average molecular weight is 644 g/mol. The van der Waals surface area contributed by atoms with Crippen molar-refractivity contribution in [1.82, 2.24) is 24.6 Å². The Morgan fingerprint density at radius 1 is 1.33 bits per heavy atom. The first-order chi connectivity index (χ1) is 19.8. The zero-order valence-corrected chi connectivity index (χ0v) is 25.9. The molecule has 228 valence electrons. The molecule has 1 saturated heterocycles. The lowest BCUT2D eigenvalue weighted by Crippen LogP contribution is -2.38. The Kier molecular flexibility index (Phi) is 8.16. The lowest BCUT2D eigenvalue weighted by molar-refractivity contribution is -0.149. The van der Waals surface area contributed by atoms with E-state index < -0.39 is 48.4 Å².